The Morgan fingerprint density at radius 1 is 1.67 bits per heavy atom. The zero-order valence-electron chi connectivity index (χ0n) is 3.18. The molecule has 1 N–H and O–H groups in total. The molecule has 0 saturated heterocycles. The topological polar surface area (TPSA) is 30.5 Å². The summed E-state index contributed by atoms with van der Waals surface area (Å²) in [5.74, 6) is 0. The Morgan fingerprint density at radius 2 is 2.67 bits per heavy atom. The first kappa shape index (κ1) is 3.64. The van der Waals surface area contributed by atoms with Crippen molar-refractivity contribution in [2.24, 2.45) is 0 Å². The second-order valence-electron chi connectivity index (χ2n) is 0.884. The quantitative estimate of drug-likeness (QED) is 0.450. The first-order chi connectivity index (χ1) is 3.00. The summed E-state index contributed by atoms with van der Waals surface area (Å²) in [6.07, 6.45) is 3.29. The SMILES string of the molecule is C1=CONOC1. The number of nitrogens with one attached hydrogen (secondary N) is 1. The van der Waals surface area contributed by atoms with Gasteiger partial charge in [0.25, 0.3) is 0 Å². The molecule has 1 heterocycles. The Balaban J connectivity index is 2.26. The van der Waals surface area contributed by atoms with Gasteiger partial charge in [0.2, 0.25) is 0 Å². The normalized spacial score (nSPS) is 20.0. The molecule has 1 rings (SSSR count). The Hall–Kier alpha value is -0.540. The van der Waals surface area contributed by atoms with Gasteiger partial charge in [-0.15, -0.1) is 0 Å². The van der Waals surface area contributed by atoms with Crippen LogP contribution in [-0.4, -0.2) is 6.61 Å². The molecule has 0 spiro atoms. The van der Waals surface area contributed by atoms with Gasteiger partial charge in [-0.05, 0) is 11.7 Å². The van der Waals surface area contributed by atoms with E-state index in [1.54, 1.807) is 6.08 Å². The first-order valence-corrected chi connectivity index (χ1v) is 1.67. The largest absolute Gasteiger partial charge is 0.391 e. The summed E-state index contributed by atoms with van der Waals surface area (Å²) >= 11 is 0. The molecule has 3 heteroatoms. The van der Waals surface area contributed by atoms with Gasteiger partial charge in [0, 0.05) is 0 Å². The molecular weight excluding hydrogens is 82.0 g/mol. The first-order valence-electron chi connectivity index (χ1n) is 1.67. The van der Waals surface area contributed by atoms with E-state index in [9.17, 15) is 0 Å². The van der Waals surface area contributed by atoms with Crippen LogP contribution in [0.2, 0.25) is 0 Å². The third kappa shape index (κ3) is 0.702. The lowest BCUT2D eigenvalue weighted by Gasteiger charge is -2.04. The van der Waals surface area contributed by atoms with Crippen molar-refractivity contribution in [3.63, 3.8) is 0 Å². The van der Waals surface area contributed by atoms with Crippen molar-refractivity contribution in [3.8, 4) is 0 Å². The Morgan fingerprint density at radius 3 is 2.83 bits per heavy atom. The lowest BCUT2D eigenvalue weighted by Crippen LogP contribution is -2.15. The van der Waals surface area contributed by atoms with Crippen molar-refractivity contribution in [2.75, 3.05) is 6.61 Å². The third-order valence-electron chi connectivity index (χ3n) is 0.451. The van der Waals surface area contributed by atoms with Gasteiger partial charge in [-0.2, -0.15) is 0 Å². The van der Waals surface area contributed by atoms with Crippen molar-refractivity contribution in [1.29, 1.82) is 0 Å². The highest BCUT2D eigenvalue weighted by molar-refractivity contribution is 4.72. The molecule has 6 heavy (non-hydrogen) atoms. The van der Waals surface area contributed by atoms with Gasteiger partial charge < -0.3 is 4.84 Å². The summed E-state index contributed by atoms with van der Waals surface area (Å²) in [6.45, 7) is 0.583. The van der Waals surface area contributed by atoms with Crippen LogP contribution in [0.25, 0.3) is 0 Å². The van der Waals surface area contributed by atoms with E-state index < -0.39 is 0 Å². The number of rotatable bonds is 0. The van der Waals surface area contributed by atoms with E-state index in [1.165, 1.54) is 6.26 Å². The van der Waals surface area contributed by atoms with E-state index in [0.29, 0.717) is 6.61 Å². The third-order valence-corrected chi connectivity index (χ3v) is 0.451. The molecule has 0 amide bonds. The van der Waals surface area contributed by atoms with Crippen LogP contribution in [0.15, 0.2) is 12.3 Å². The van der Waals surface area contributed by atoms with Gasteiger partial charge >= 0.3 is 0 Å². The van der Waals surface area contributed by atoms with E-state index in [1.807, 2.05) is 0 Å². The smallest absolute Gasteiger partial charge is 0.112 e. The maximum absolute atomic E-state index is 4.51. The van der Waals surface area contributed by atoms with Crippen LogP contribution in [0.3, 0.4) is 0 Å². The predicted octanol–water partition coefficient (Wildman–Crippen LogP) is -0.0335. The average molecular weight is 87.1 g/mol. The standard InChI is InChI=1S/C3H5NO2/c1-2-5-4-6-3-1/h1-2,4H,3H2. The van der Waals surface area contributed by atoms with Crippen LogP contribution < -0.4 is 5.64 Å². The lowest BCUT2D eigenvalue weighted by molar-refractivity contribution is -0.138. The molecule has 0 bridgehead atoms. The van der Waals surface area contributed by atoms with E-state index in [4.69, 9.17) is 0 Å². The molecule has 0 saturated carbocycles. The second-order valence-corrected chi connectivity index (χ2v) is 0.884. The molecule has 0 atom stereocenters. The minimum atomic E-state index is 0.583. The summed E-state index contributed by atoms with van der Waals surface area (Å²) in [6, 6.07) is 0. The van der Waals surface area contributed by atoms with Gasteiger partial charge in [-0.1, -0.05) is 0 Å². The van der Waals surface area contributed by atoms with Crippen molar-refractivity contribution >= 4 is 0 Å². The Bertz CT molecular complexity index is 53.8. The minimum Gasteiger partial charge on any atom is -0.391 e. The molecule has 0 aromatic heterocycles. The predicted molar refractivity (Wildman–Crippen MR) is 19.3 cm³/mol. The van der Waals surface area contributed by atoms with Crippen molar-refractivity contribution in [1.82, 2.24) is 5.64 Å². The molecule has 0 aliphatic carbocycles. The average Bonchev–Trinajstić information content (AvgIpc) is 1.72. The fourth-order valence-electron chi connectivity index (χ4n) is 0.231. The van der Waals surface area contributed by atoms with Crippen LogP contribution in [0.5, 0.6) is 0 Å². The summed E-state index contributed by atoms with van der Waals surface area (Å²) in [5, 5.41) is 0. The summed E-state index contributed by atoms with van der Waals surface area (Å²) in [5.41, 5.74) is 2.20. The molecule has 0 fully saturated rings. The summed E-state index contributed by atoms with van der Waals surface area (Å²) in [4.78, 5) is 8.93. The van der Waals surface area contributed by atoms with Gasteiger partial charge in [-0.3, -0.25) is 4.84 Å². The van der Waals surface area contributed by atoms with Gasteiger partial charge in [0.1, 0.15) is 6.26 Å². The fourth-order valence-corrected chi connectivity index (χ4v) is 0.231. The highest BCUT2D eigenvalue weighted by Crippen LogP contribution is 1.80. The van der Waals surface area contributed by atoms with E-state index in [-0.39, 0.29) is 0 Å². The monoisotopic (exact) mass is 87.0 g/mol. The van der Waals surface area contributed by atoms with Crippen molar-refractivity contribution < 1.29 is 9.68 Å². The zero-order chi connectivity index (χ0) is 4.24. The van der Waals surface area contributed by atoms with Crippen molar-refractivity contribution in [3.05, 3.63) is 12.3 Å². The summed E-state index contributed by atoms with van der Waals surface area (Å²) in [7, 11) is 0. The summed E-state index contributed by atoms with van der Waals surface area (Å²) < 4.78 is 0. The molecular formula is C3H5NO2. The maximum atomic E-state index is 4.51. The van der Waals surface area contributed by atoms with Crippen LogP contribution in [0.1, 0.15) is 0 Å². The van der Waals surface area contributed by atoms with Gasteiger partial charge in [-0.25, -0.2) is 0 Å². The van der Waals surface area contributed by atoms with Crippen LogP contribution in [0, 0.1) is 0 Å². The van der Waals surface area contributed by atoms with Crippen LogP contribution in [0.4, 0.5) is 0 Å². The maximum Gasteiger partial charge on any atom is 0.112 e. The van der Waals surface area contributed by atoms with E-state index >= 15 is 0 Å². The highest BCUT2D eigenvalue weighted by atomic mass is 16.9. The molecule has 0 radical (unpaired) electrons. The van der Waals surface area contributed by atoms with Gasteiger partial charge in [0.15, 0.2) is 0 Å². The molecule has 1 aliphatic rings. The van der Waals surface area contributed by atoms with Crippen LogP contribution in [-0.2, 0) is 9.68 Å². The number of hydrogen-bond donors (Lipinski definition) is 1. The molecule has 1 aliphatic heterocycles. The Kier molecular flexibility index (Phi) is 1.09. The highest BCUT2D eigenvalue weighted by Gasteiger charge is 1.83. The second kappa shape index (κ2) is 1.79. The minimum absolute atomic E-state index is 0.583. The van der Waals surface area contributed by atoms with E-state index in [0.717, 1.165) is 0 Å². The zero-order valence-corrected chi connectivity index (χ0v) is 3.18. The molecule has 3 nitrogen and oxygen atoms in total. The fraction of sp³-hybridized carbons (Fsp3) is 0.333. The lowest BCUT2D eigenvalue weighted by atomic mass is 10.7. The van der Waals surface area contributed by atoms with Crippen molar-refractivity contribution in [2.45, 2.75) is 0 Å². The Labute approximate surface area is 35.5 Å². The molecule has 0 aromatic rings. The van der Waals surface area contributed by atoms with Crippen LogP contribution >= 0.6 is 0 Å². The molecule has 34 valence electrons. The molecule has 0 aromatic carbocycles. The number of hydrogen-bond acceptors (Lipinski definition) is 3. The molecule has 0 unspecified atom stereocenters. The van der Waals surface area contributed by atoms with E-state index in [2.05, 4.69) is 15.3 Å². The van der Waals surface area contributed by atoms with Gasteiger partial charge in [0.05, 0.1) is 6.61 Å².